The Kier molecular flexibility index (Phi) is 4.72. The molecule has 4 aromatic rings. The van der Waals surface area contributed by atoms with Crippen LogP contribution >= 0.6 is 11.8 Å². The number of rotatable bonds is 5. The van der Waals surface area contributed by atoms with Crippen LogP contribution < -0.4 is 5.32 Å². The minimum Gasteiger partial charge on any atom is -0.325 e. The van der Waals surface area contributed by atoms with Gasteiger partial charge in [0.2, 0.25) is 5.91 Å². The van der Waals surface area contributed by atoms with Crippen molar-refractivity contribution in [3.05, 3.63) is 60.2 Å². The Morgan fingerprint density at radius 2 is 1.93 bits per heavy atom. The van der Waals surface area contributed by atoms with Crippen LogP contribution in [-0.2, 0) is 11.2 Å². The fourth-order valence-corrected chi connectivity index (χ4v) is 3.57. The van der Waals surface area contributed by atoms with E-state index in [0.29, 0.717) is 16.4 Å². The van der Waals surface area contributed by atoms with Gasteiger partial charge >= 0.3 is 0 Å². The summed E-state index contributed by atoms with van der Waals surface area (Å²) >= 11 is 1.30. The van der Waals surface area contributed by atoms with E-state index in [0.717, 1.165) is 23.3 Å². The molecule has 1 amide bonds. The van der Waals surface area contributed by atoms with E-state index in [2.05, 4.69) is 20.5 Å². The van der Waals surface area contributed by atoms with Crippen molar-refractivity contribution in [3.8, 4) is 0 Å². The van der Waals surface area contributed by atoms with Crippen molar-refractivity contribution in [1.29, 1.82) is 0 Å². The molecule has 1 N–H and O–H groups in total. The lowest BCUT2D eigenvalue weighted by molar-refractivity contribution is -0.113. The van der Waals surface area contributed by atoms with Crippen molar-refractivity contribution in [2.45, 2.75) is 18.4 Å². The van der Waals surface area contributed by atoms with Crippen LogP contribution in [0.4, 0.5) is 10.1 Å². The normalized spacial score (nSPS) is 11.2. The lowest BCUT2D eigenvalue weighted by Gasteiger charge is -2.08. The molecule has 0 radical (unpaired) electrons. The third-order valence-electron chi connectivity index (χ3n) is 4.05. The standard InChI is InChI=1S/C19H16FN5OS/c1-2-16-23-24-18-19(22-14-5-3-4-6-15(14)25(16)18)27-11-17(26)21-13-9-7-12(20)8-10-13/h3-10H,2,11H2,1H3,(H,21,26). The zero-order valence-corrected chi connectivity index (χ0v) is 15.3. The topological polar surface area (TPSA) is 72.2 Å². The van der Waals surface area contributed by atoms with Gasteiger partial charge in [0.05, 0.1) is 16.8 Å². The number of hydrogen-bond acceptors (Lipinski definition) is 5. The van der Waals surface area contributed by atoms with E-state index in [-0.39, 0.29) is 17.5 Å². The lowest BCUT2D eigenvalue weighted by atomic mass is 10.3. The van der Waals surface area contributed by atoms with Crippen molar-refractivity contribution in [3.63, 3.8) is 0 Å². The molecular weight excluding hydrogens is 365 g/mol. The molecule has 8 heteroatoms. The molecule has 0 atom stereocenters. The Morgan fingerprint density at radius 3 is 2.70 bits per heavy atom. The quantitative estimate of drug-likeness (QED) is 0.534. The zero-order valence-electron chi connectivity index (χ0n) is 14.5. The Labute approximate surface area is 158 Å². The van der Waals surface area contributed by atoms with Crippen molar-refractivity contribution < 1.29 is 9.18 Å². The average Bonchev–Trinajstić information content (AvgIpc) is 3.12. The molecule has 6 nitrogen and oxygen atoms in total. The van der Waals surface area contributed by atoms with Crippen molar-refractivity contribution in [1.82, 2.24) is 19.6 Å². The number of amides is 1. The highest BCUT2D eigenvalue weighted by atomic mass is 32.2. The minimum absolute atomic E-state index is 0.159. The monoisotopic (exact) mass is 381 g/mol. The summed E-state index contributed by atoms with van der Waals surface area (Å²) in [6.45, 7) is 2.02. The summed E-state index contributed by atoms with van der Waals surface area (Å²) in [6.07, 6.45) is 0.740. The number of carbonyl (C=O) groups is 1. The maximum atomic E-state index is 13.0. The number of hydrogen-bond donors (Lipinski definition) is 1. The maximum Gasteiger partial charge on any atom is 0.234 e. The first-order valence-electron chi connectivity index (χ1n) is 8.46. The molecule has 2 heterocycles. The third-order valence-corrected chi connectivity index (χ3v) is 5.00. The highest BCUT2D eigenvalue weighted by molar-refractivity contribution is 8.00. The van der Waals surface area contributed by atoms with E-state index in [1.807, 2.05) is 35.6 Å². The largest absolute Gasteiger partial charge is 0.325 e. The van der Waals surface area contributed by atoms with E-state index in [1.54, 1.807) is 0 Å². The first-order valence-corrected chi connectivity index (χ1v) is 9.45. The van der Waals surface area contributed by atoms with Crippen molar-refractivity contribution in [2.75, 3.05) is 11.1 Å². The number of nitrogens with zero attached hydrogens (tertiary/aromatic N) is 4. The smallest absolute Gasteiger partial charge is 0.234 e. The van der Waals surface area contributed by atoms with Crippen molar-refractivity contribution in [2.24, 2.45) is 0 Å². The molecule has 0 aliphatic rings. The van der Waals surface area contributed by atoms with Crippen LogP contribution in [0.15, 0.2) is 53.6 Å². The highest BCUT2D eigenvalue weighted by Crippen LogP contribution is 2.26. The summed E-state index contributed by atoms with van der Waals surface area (Å²) < 4.78 is 14.9. The Hall–Kier alpha value is -3.00. The van der Waals surface area contributed by atoms with E-state index in [1.165, 1.54) is 36.0 Å². The second-order valence-corrected chi connectivity index (χ2v) is 6.84. The van der Waals surface area contributed by atoms with Crippen LogP contribution in [-0.4, -0.2) is 31.2 Å². The number of nitrogens with one attached hydrogen (secondary N) is 1. The van der Waals surface area contributed by atoms with Gasteiger partial charge in [-0.1, -0.05) is 30.8 Å². The van der Waals surface area contributed by atoms with Gasteiger partial charge in [0.15, 0.2) is 5.65 Å². The van der Waals surface area contributed by atoms with E-state index < -0.39 is 0 Å². The fourth-order valence-electron chi connectivity index (χ4n) is 2.81. The summed E-state index contributed by atoms with van der Waals surface area (Å²) in [7, 11) is 0. The van der Waals surface area contributed by atoms with Crippen LogP contribution in [0.3, 0.4) is 0 Å². The molecule has 0 aliphatic heterocycles. The number of aryl methyl sites for hydroxylation is 1. The first-order chi connectivity index (χ1) is 13.2. The molecule has 0 aliphatic carbocycles. The minimum atomic E-state index is -0.344. The molecule has 2 aromatic carbocycles. The molecule has 2 aromatic heterocycles. The zero-order chi connectivity index (χ0) is 18.8. The maximum absolute atomic E-state index is 13.0. The van der Waals surface area contributed by atoms with Gasteiger partial charge in [-0.05, 0) is 36.4 Å². The van der Waals surface area contributed by atoms with Gasteiger partial charge < -0.3 is 5.32 Å². The molecule has 0 saturated heterocycles. The molecule has 136 valence electrons. The number of aromatic nitrogens is 4. The van der Waals surface area contributed by atoms with Crippen LogP contribution in [0.25, 0.3) is 16.7 Å². The Balaban J connectivity index is 1.60. The summed E-state index contributed by atoms with van der Waals surface area (Å²) in [4.78, 5) is 16.9. The van der Waals surface area contributed by atoms with E-state index in [9.17, 15) is 9.18 Å². The van der Waals surface area contributed by atoms with Gasteiger partial charge in [-0.2, -0.15) is 0 Å². The molecule has 4 rings (SSSR count). The average molecular weight is 381 g/mol. The van der Waals surface area contributed by atoms with Gasteiger partial charge in [0.1, 0.15) is 16.7 Å². The summed E-state index contributed by atoms with van der Waals surface area (Å²) in [5, 5.41) is 11.9. The predicted octanol–water partition coefficient (Wildman–Crippen LogP) is 3.71. The number of fused-ring (bicyclic) bond motifs is 3. The molecule has 0 saturated carbocycles. The number of benzene rings is 2. The number of para-hydroxylation sites is 2. The molecule has 27 heavy (non-hydrogen) atoms. The molecule has 0 unspecified atom stereocenters. The van der Waals surface area contributed by atoms with Gasteiger partial charge in [0.25, 0.3) is 0 Å². The SMILES string of the molecule is CCc1nnc2c(SCC(=O)Nc3ccc(F)cc3)nc3ccccc3n12. The van der Waals surface area contributed by atoms with Crippen LogP contribution in [0, 0.1) is 5.82 Å². The lowest BCUT2D eigenvalue weighted by Crippen LogP contribution is -2.14. The predicted molar refractivity (Wildman–Crippen MR) is 103 cm³/mol. The van der Waals surface area contributed by atoms with Crippen LogP contribution in [0.5, 0.6) is 0 Å². The summed E-state index contributed by atoms with van der Waals surface area (Å²) in [5.41, 5.74) is 2.95. The van der Waals surface area contributed by atoms with Gasteiger partial charge in [-0.15, -0.1) is 10.2 Å². The second-order valence-electron chi connectivity index (χ2n) is 5.88. The van der Waals surface area contributed by atoms with E-state index in [4.69, 9.17) is 0 Å². The number of thioether (sulfide) groups is 1. The number of halogens is 1. The fraction of sp³-hybridized carbons (Fsp3) is 0.158. The van der Waals surface area contributed by atoms with Crippen molar-refractivity contribution >= 4 is 40.0 Å². The number of anilines is 1. The second kappa shape index (κ2) is 7.32. The molecule has 0 spiro atoms. The molecular formula is C19H16FN5OS. The highest BCUT2D eigenvalue weighted by Gasteiger charge is 2.15. The van der Waals surface area contributed by atoms with Crippen LogP contribution in [0.1, 0.15) is 12.7 Å². The molecule has 0 bridgehead atoms. The third kappa shape index (κ3) is 3.48. The van der Waals surface area contributed by atoms with Gasteiger partial charge in [-0.3, -0.25) is 9.20 Å². The molecule has 0 fully saturated rings. The summed E-state index contributed by atoms with van der Waals surface area (Å²) in [6, 6.07) is 13.4. The van der Waals surface area contributed by atoms with Gasteiger partial charge in [0, 0.05) is 12.1 Å². The Morgan fingerprint density at radius 1 is 1.15 bits per heavy atom. The first kappa shape index (κ1) is 17.4. The van der Waals surface area contributed by atoms with E-state index >= 15 is 0 Å². The van der Waals surface area contributed by atoms with Crippen LogP contribution in [0.2, 0.25) is 0 Å². The van der Waals surface area contributed by atoms with Gasteiger partial charge in [-0.25, -0.2) is 9.37 Å². The summed E-state index contributed by atoms with van der Waals surface area (Å²) in [5.74, 6) is 0.465. The number of carbonyl (C=O) groups excluding carboxylic acids is 1. The Bertz CT molecular complexity index is 1130.